The lowest BCUT2D eigenvalue weighted by molar-refractivity contribution is -0.131. The molecule has 1 saturated heterocycles. The number of ether oxygens (including phenoxy) is 2. The highest BCUT2D eigenvalue weighted by atomic mass is 16.5. The molecule has 1 aliphatic heterocycles. The first kappa shape index (κ1) is 19.5. The van der Waals surface area contributed by atoms with Gasteiger partial charge in [-0.2, -0.15) is 0 Å². The molecular weight excluding hydrogens is 344 g/mol. The van der Waals surface area contributed by atoms with E-state index in [2.05, 4.69) is 19.2 Å². The van der Waals surface area contributed by atoms with E-state index in [-0.39, 0.29) is 30.2 Å². The molecule has 0 bridgehead atoms. The van der Waals surface area contributed by atoms with E-state index in [0.717, 1.165) is 12.8 Å². The molecule has 6 nitrogen and oxygen atoms in total. The van der Waals surface area contributed by atoms with Gasteiger partial charge >= 0.3 is 0 Å². The first-order chi connectivity index (χ1) is 12.9. The number of anilines is 1. The smallest absolute Gasteiger partial charge is 0.229 e. The normalized spacial score (nSPS) is 28.1. The maximum Gasteiger partial charge on any atom is 0.229 e. The van der Waals surface area contributed by atoms with E-state index < -0.39 is 0 Å². The van der Waals surface area contributed by atoms with Crippen LogP contribution in [0.2, 0.25) is 0 Å². The van der Waals surface area contributed by atoms with Gasteiger partial charge in [0, 0.05) is 25.1 Å². The van der Waals surface area contributed by atoms with Gasteiger partial charge < -0.3 is 19.7 Å². The fourth-order valence-corrected chi connectivity index (χ4v) is 4.36. The van der Waals surface area contributed by atoms with E-state index in [4.69, 9.17) is 9.47 Å². The fourth-order valence-electron chi connectivity index (χ4n) is 4.36. The number of methoxy groups -OCH3 is 2. The van der Waals surface area contributed by atoms with E-state index in [1.165, 1.54) is 6.42 Å². The number of hydrogen-bond acceptors (Lipinski definition) is 4. The van der Waals surface area contributed by atoms with Crippen LogP contribution in [0.4, 0.5) is 5.69 Å². The number of nitrogens with one attached hydrogen (secondary N) is 1. The highest BCUT2D eigenvalue weighted by Crippen LogP contribution is 2.36. The fraction of sp³-hybridized carbons (Fsp3) is 0.619. The molecular formula is C21H30N2O4. The Balaban J connectivity index is 1.67. The number of likely N-dealkylation sites (tertiary alicyclic amines) is 1. The third-order valence-electron chi connectivity index (χ3n) is 6.26. The van der Waals surface area contributed by atoms with E-state index in [0.29, 0.717) is 35.6 Å². The zero-order valence-electron chi connectivity index (χ0n) is 16.7. The molecule has 2 aliphatic rings. The summed E-state index contributed by atoms with van der Waals surface area (Å²) in [6, 6.07) is 5.52. The number of carbonyl (C=O) groups excluding carboxylic acids is 2. The van der Waals surface area contributed by atoms with E-state index in [1.54, 1.807) is 32.4 Å². The summed E-state index contributed by atoms with van der Waals surface area (Å²) in [5.74, 6) is 1.94. The zero-order chi connectivity index (χ0) is 19.6. The highest BCUT2D eigenvalue weighted by molar-refractivity contribution is 5.98. The predicted molar refractivity (Wildman–Crippen MR) is 104 cm³/mol. The summed E-state index contributed by atoms with van der Waals surface area (Å²) in [5.41, 5.74) is 0.592. The lowest BCUT2D eigenvalue weighted by atomic mass is 9.77. The van der Waals surface area contributed by atoms with Crippen molar-refractivity contribution in [3.05, 3.63) is 18.2 Å². The van der Waals surface area contributed by atoms with Crippen LogP contribution in [-0.4, -0.2) is 43.5 Å². The Labute approximate surface area is 161 Å². The van der Waals surface area contributed by atoms with Gasteiger partial charge in [0.2, 0.25) is 11.8 Å². The lowest BCUT2D eigenvalue weighted by Crippen LogP contribution is -2.45. The molecule has 0 spiro atoms. The first-order valence-electron chi connectivity index (χ1n) is 9.77. The summed E-state index contributed by atoms with van der Waals surface area (Å²) >= 11 is 0. The molecule has 0 radical (unpaired) electrons. The summed E-state index contributed by atoms with van der Waals surface area (Å²) < 4.78 is 10.5. The Hall–Kier alpha value is -2.24. The van der Waals surface area contributed by atoms with Gasteiger partial charge in [0.15, 0.2) is 0 Å². The molecule has 1 heterocycles. The minimum absolute atomic E-state index is 0.0998. The van der Waals surface area contributed by atoms with Gasteiger partial charge in [-0.1, -0.05) is 26.7 Å². The Morgan fingerprint density at radius 3 is 2.67 bits per heavy atom. The van der Waals surface area contributed by atoms with Crippen LogP contribution in [0.3, 0.4) is 0 Å². The summed E-state index contributed by atoms with van der Waals surface area (Å²) in [6.45, 7) is 5.00. The minimum Gasteiger partial charge on any atom is -0.497 e. The molecule has 3 rings (SSSR count). The molecule has 148 valence electrons. The second-order valence-corrected chi connectivity index (χ2v) is 7.84. The SMILES string of the molecule is COc1ccc(NC(=O)[C@@H]2CC(=O)N([C@@H]3CCC[C@@H](C)[C@H]3C)C2)c(OC)c1. The first-order valence-corrected chi connectivity index (χ1v) is 9.77. The molecule has 6 heteroatoms. The van der Waals surface area contributed by atoms with Crippen molar-refractivity contribution in [3.8, 4) is 11.5 Å². The Morgan fingerprint density at radius 2 is 1.96 bits per heavy atom. The van der Waals surface area contributed by atoms with Crippen LogP contribution >= 0.6 is 0 Å². The predicted octanol–water partition coefficient (Wildman–Crippen LogP) is 3.32. The highest BCUT2D eigenvalue weighted by Gasteiger charge is 2.41. The third kappa shape index (κ3) is 4.04. The van der Waals surface area contributed by atoms with Gasteiger partial charge in [0.25, 0.3) is 0 Å². The van der Waals surface area contributed by atoms with Crippen molar-refractivity contribution >= 4 is 17.5 Å². The summed E-state index contributed by atoms with van der Waals surface area (Å²) in [4.78, 5) is 27.3. The summed E-state index contributed by atoms with van der Waals surface area (Å²) in [7, 11) is 3.13. The van der Waals surface area contributed by atoms with Crippen LogP contribution in [0.1, 0.15) is 39.5 Å². The van der Waals surface area contributed by atoms with Crippen molar-refractivity contribution in [1.29, 1.82) is 0 Å². The van der Waals surface area contributed by atoms with E-state index in [1.807, 2.05) is 4.90 Å². The number of rotatable bonds is 5. The minimum atomic E-state index is -0.325. The molecule has 1 N–H and O–H groups in total. The van der Waals surface area contributed by atoms with Gasteiger partial charge in [-0.25, -0.2) is 0 Å². The monoisotopic (exact) mass is 374 g/mol. The molecule has 1 aromatic carbocycles. The maximum atomic E-state index is 12.8. The van der Waals surface area contributed by atoms with Gasteiger partial charge in [-0.05, 0) is 30.4 Å². The molecule has 0 unspecified atom stereocenters. The molecule has 1 aromatic rings. The van der Waals surface area contributed by atoms with Gasteiger partial charge in [-0.3, -0.25) is 9.59 Å². The number of benzene rings is 1. The van der Waals surface area contributed by atoms with Crippen LogP contribution in [0, 0.1) is 17.8 Å². The van der Waals surface area contributed by atoms with Crippen LogP contribution in [0.25, 0.3) is 0 Å². The number of nitrogens with zero attached hydrogens (tertiary/aromatic N) is 1. The van der Waals surface area contributed by atoms with Gasteiger partial charge in [0.1, 0.15) is 11.5 Å². The van der Waals surface area contributed by atoms with Crippen molar-refractivity contribution in [3.63, 3.8) is 0 Å². The maximum absolute atomic E-state index is 12.8. The number of hydrogen-bond donors (Lipinski definition) is 1. The molecule has 0 aromatic heterocycles. The lowest BCUT2D eigenvalue weighted by Gasteiger charge is -2.40. The van der Waals surface area contributed by atoms with Crippen molar-refractivity contribution in [1.82, 2.24) is 4.90 Å². The Kier molecular flexibility index (Phi) is 5.92. The third-order valence-corrected chi connectivity index (χ3v) is 6.26. The molecule has 27 heavy (non-hydrogen) atoms. The summed E-state index contributed by atoms with van der Waals surface area (Å²) in [6.07, 6.45) is 3.69. The van der Waals surface area contributed by atoms with E-state index in [9.17, 15) is 9.59 Å². The van der Waals surface area contributed by atoms with Crippen LogP contribution in [0.15, 0.2) is 18.2 Å². The number of carbonyl (C=O) groups is 2. The summed E-state index contributed by atoms with van der Waals surface area (Å²) in [5, 5.41) is 2.92. The number of amides is 2. The van der Waals surface area contributed by atoms with Crippen molar-refractivity contribution in [2.45, 2.75) is 45.6 Å². The van der Waals surface area contributed by atoms with Crippen LogP contribution < -0.4 is 14.8 Å². The standard InChI is InChI=1S/C21H30N2O4/c1-13-6-5-7-18(14(13)2)23-12-15(10-20(23)24)21(25)22-17-9-8-16(26-3)11-19(17)27-4/h8-9,11,13-15,18H,5-7,10,12H2,1-4H3,(H,22,25)/t13-,14-,15-,18-/m1/s1. The topological polar surface area (TPSA) is 67.9 Å². The van der Waals surface area contributed by atoms with Crippen molar-refractivity contribution in [2.24, 2.45) is 17.8 Å². The average Bonchev–Trinajstić information content (AvgIpc) is 3.06. The van der Waals surface area contributed by atoms with Crippen molar-refractivity contribution < 1.29 is 19.1 Å². The average molecular weight is 374 g/mol. The largest absolute Gasteiger partial charge is 0.497 e. The van der Waals surface area contributed by atoms with Gasteiger partial charge in [-0.15, -0.1) is 0 Å². The second-order valence-electron chi connectivity index (χ2n) is 7.84. The Bertz CT molecular complexity index is 705. The van der Waals surface area contributed by atoms with Crippen LogP contribution in [-0.2, 0) is 9.59 Å². The molecule has 1 saturated carbocycles. The molecule has 4 atom stereocenters. The van der Waals surface area contributed by atoms with Crippen LogP contribution in [0.5, 0.6) is 11.5 Å². The zero-order valence-corrected chi connectivity index (χ0v) is 16.7. The molecule has 1 aliphatic carbocycles. The quantitative estimate of drug-likeness (QED) is 0.859. The molecule has 2 fully saturated rings. The van der Waals surface area contributed by atoms with Gasteiger partial charge in [0.05, 0.1) is 25.8 Å². The van der Waals surface area contributed by atoms with E-state index >= 15 is 0 Å². The Morgan fingerprint density at radius 1 is 1.19 bits per heavy atom. The second kappa shape index (κ2) is 8.19. The molecule has 2 amide bonds. The van der Waals surface area contributed by atoms with Crippen molar-refractivity contribution in [2.75, 3.05) is 26.1 Å².